The minimum Gasteiger partial charge on any atom is -0.463 e. The van der Waals surface area contributed by atoms with Crippen LogP contribution in [0.2, 0.25) is 25.7 Å². The molecule has 0 saturated heterocycles. The topological polar surface area (TPSA) is 26.3 Å². The summed E-state index contributed by atoms with van der Waals surface area (Å²) in [6.07, 6.45) is 8.69. The Balaban J connectivity index is 2.74. The van der Waals surface area contributed by atoms with Crippen molar-refractivity contribution in [3.05, 3.63) is 11.6 Å². The fraction of sp³-hybridized carbons (Fsp3) is 0.800. The van der Waals surface area contributed by atoms with Crippen molar-refractivity contribution >= 4 is 14.0 Å². The monoisotopic (exact) mass is 268 g/mol. The Morgan fingerprint density at radius 3 is 2.33 bits per heavy atom. The van der Waals surface area contributed by atoms with Gasteiger partial charge in [-0.25, -0.2) is 4.79 Å². The highest BCUT2D eigenvalue weighted by Crippen LogP contribution is 2.28. The first kappa shape index (κ1) is 15.5. The second-order valence-corrected chi connectivity index (χ2v) is 12.0. The Morgan fingerprint density at radius 1 is 1.22 bits per heavy atom. The van der Waals surface area contributed by atoms with E-state index in [1.165, 1.54) is 32.1 Å². The molecule has 1 fully saturated rings. The summed E-state index contributed by atoms with van der Waals surface area (Å²) in [5.74, 6) is 0.528. The van der Waals surface area contributed by atoms with Crippen molar-refractivity contribution in [3.63, 3.8) is 0 Å². The Morgan fingerprint density at radius 2 is 1.83 bits per heavy atom. The third-order valence-electron chi connectivity index (χ3n) is 3.35. The van der Waals surface area contributed by atoms with Gasteiger partial charge in [0.15, 0.2) is 0 Å². The van der Waals surface area contributed by atoms with Gasteiger partial charge in [-0.2, -0.15) is 0 Å². The third kappa shape index (κ3) is 5.85. The number of rotatable bonds is 5. The largest absolute Gasteiger partial charge is 0.463 e. The van der Waals surface area contributed by atoms with E-state index in [0.29, 0.717) is 12.5 Å². The van der Waals surface area contributed by atoms with Crippen molar-refractivity contribution in [2.45, 2.75) is 64.7 Å². The van der Waals surface area contributed by atoms with Gasteiger partial charge in [0, 0.05) is 13.6 Å². The Bertz CT molecular complexity index is 296. The molecule has 2 nitrogen and oxygen atoms in total. The molecular weight excluding hydrogens is 240 g/mol. The first-order chi connectivity index (χ1) is 8.42. The summed E-state index contributed by atoms with van der Waals surface area (Å²) >= 11 is 0. The molecule has 0 spiro atoms. The Hall–Kier alpha value is -0.573. The third-order valence-corrected chi connectivity index (χ3v) is 4.79. The second-order valence-electron chi connectivity index (χ2n) is 6.55. The molecule has 104 valence electrons. The zero-order chi connectivity index (χ0) is 13.6. The van der Waals surface area contributed by atoms with Crippen LogP contribution in [0.4, 0.5) is 0 Å². The predicted octanol–water partition coefficient (Wildman–Crippen LogP) is 4.39. The average molecular weight is 268 g/mol. The smallest absolute Gasteiger partial charge is 0.333 e. The van der Waals surface area contributed by atoms with Crippen LogP contribution in [0.5, 0.6) is 0 Å². The lowest BCUT2D eigenvalue weighted by atomic mass is 9.88. The SMILES string of the molecule is CCOC(=O)/C(=C/C1CCCCC1)C[Si](C)(C)C. The van der Waals surface area contributed by atoms with Gasteiger partial charge in [0.1, 0.15) is 0 Å². The van der Waals surface area contributed by atoms with Crippen LogP contribution in [0.3, 0.4) is 0 Å². The highest BCUT2D eigenvalue weighted by molar-refractivity contribution is 6.77. The van der Waals surface area contributed by atoms with E-state index >= 15 is 0 Å². The van der Waals surface area contributed by atoms with Crippen LogP contribution >= 0.6 is 0 Å². The molecule has 3 heteroatoms. The lowest BCUT2D eigenvalue weighted by Crippen LogP contribution is -2.24. The number of ether oxygens (including phenoxy) is 1. The quantitative estimate of drug-likeness (QED) is 0.420. The molecule has 0 heterocycles. The minimum atomic E-state index is -1.27. The van der Waals surface area contributed by atoms with Gasteiger partial charge in [0.25, 0.3) is 0 Å². The number of hydrogen-bond donors (Lipinski definition) is 0. The molecule has 0 aromatic carbocycles. The first-order valence-electron chi connectivity index (χ1n) is 7.30. The lowest BCUT2D eigenvalue weighted by Gasteiger charge is -2.22. The van der Waals surface area contributed by atoms with E-state index in [-0.39, 0.29) is 5.97 Å². The lowest BCUT2D eigenvalue weighted by molar-refractivity contribution is -0.138. The fourth-order valence-electron chi connectivity index (χ4n) is 2.58. The van der Waals surface area contributed by atoms with Crippen LogP contribution in [0.1, 0.15) is 39.0 Å². The molecular formula is C15H28O2Si. The van der Waals surface area contributed by atoms with E-state index in [1.807, 2.05) is 6.92 Å². The molecule has 1 saturated carbocycles. The van der Waals surface area contributed by atoms with E-state index < -0.39 is 8.07 Å². The Kier molecular flexibility index (Phi) is 6.13. The van der Waals surface area contributed by atoms with Crippen molar-refractivity contribution in [2.75, 3.05) is 6.61 Å². The highest BCUT2D eigenvalue weighted by atomic mass is 28.3. The van der Waals surface area contributed by atoms with Crippen LogP contribution in [0.25, 0.3) is 0 Å². The maximum absolute atomic E-state index is 12.0. The highest BCUT2D eigenvalue weighted by Gasteiger charge is 2.22. The number of allylic oxidation sites excluding steroid dienone is 1. The molecule has 1 aliphatic carbocycles. The number of carbonyl (C=O) groups excluding carboxylic acids is 1. The second kappa shape index (κ2) is 7.12. The van der Waals surface area contributed by atoms with E-state index in [4.69, 9.17) is 4.74 Å². The maximum Gasteiger partial charge on any atom is 0.333 e. The summed E-state index contributed by atoms with van der Waals surface area (Å²) in [7, 11) is -1.27. The molecule has 0 unspecified atom stereocenters. The average Bonchev–Trinajstić information content (AvgIpc) is 2.28. The fourth-order valence-corrected chi connectivity index (χ4v) is 3.98. The van der Waals surface area contributed by atoms with Crippen LogP contribution < -0.4 is 0 Å². The molecule has 0 aromatic heterocycles. The van der Waals surface area contributed by atoms with Gasteiger partial charge in [0.2, 0.25) is 0 Å². The van der Waals surface area contributed by atoms with Gasteiger partial charge < -0.3 is 4.74 Å². The molecule has 0 radical (unpaired) electrons. The Labute approximate surface area is 113 Å². The molecule has 0 atom stereocenters. The summed E-state index contributed by atoms with van der Waals surface area (Å²) in [4.78, 5) is 12.0. The van der Waals surface area contributed by atoms with E-state index in [2.05, 4.69) is 25.7 Å². The zero-order valence-corrected chi connectivity index (χ0v) is 13.4. The molecule has 1 rings (SSSR count). The zero-order valence-electron chi connectivity index (χ0n) is 12.4. The normalized spacial score (nSPS) is 18.8. The molecule has 1 aliphatic rings. The van der Waals surface area contributed by atoms with Gasteiger partial charge >= 0.3 is 5.97 Å². The van der Waals surface area contributed by atoms with Crippen molar-refractivity contribution in [1.29, 1.82) is 0 Å². The van der Waals surface area contributed by atoms with Gasteiger partial charge in [-0.3, -0.25) is 0 Å². The van der Waals surface area contributed by atoms with Crippen molar-refractivity contribution in [3.8, 4) is 0 Å². The molecule has 18 heavy (non-hydrogen) atoms. The minimum absolute atomic E-state index is 0.0782. The van der Waals surface area contributed by atoms with Crippen molar-refractivity contribution in [2.24, 2.45) is 5.92 Å². The number of carbonyl (C=O) groups is 1. The van der Waals surface area contributed by atoms with Crippen LogP contribution in [-0.4, -0.2) is 20.7 Å². The maximum atomic E-state index is 12.0. The standard InChI is InChI=1S/C15H28O2Si/c1-5-17-15(16)14(12-18(2,3)4)11-13-9-7-6-8-10-13/h11,13H,5-10,12H2,1-4H3/b14-11+. The van der Waals surface area contributed by atoms with Crippen LogP contribution in [0, 0.1) is 5.92 Å². The van der Waals surface area contributed by atoms with Gasteiger partial charge in [0.05, 0.1) is 6.61 Å². The summed E-state index contributed by atoms with van der Waals surface area (Å²) in [5, 5.41) is 0. The molecule has 0 bridgehead atoms. The van der Waals surface area contributed by atoms with Gasteiger partial charge in [-0.05, 0) is 31.7 Å². The van der Waals surface area contributed by atoms with Crippen LogP contribution in [-0.2, 0) is 9.53 Å². The van der Waals surface area contributed by atoms with E-state index in [0.717, 1.165) is 11.6 Å². The summed E-state index contributed by atoms with van der Waals surface area (Å²) in [6, 6.07) is 0.947. The number of hydrogen-bond acceptors (Lipinski definition) is 2. The van der Waals surface area contributed by atoms with Gasteiger partial charge in [-0.15, -0.1) is 0 Å². The number of esters is 1. The first-order valence-corrected chi connectivity index (χ1v) is 11.0. The van der Waals surface area contributed by atoms with Crippen LogP contribution in [0.15, 0.2) is 11.6 Å². The molecule has 0 N–H and O–H groups in total. The predicted molar refractivity (Wildman–Crippen MR) is 79.4 cm³/mol. The van der Waals surface area contributed by atoms with Crippen molar-refractivity contribution in [1.82, 2.24) is 0 Å². The summed E-state index contributed by atoms with van der Waals surface area (Å²) in [6.45, 7) is 9.28. The van der Waals surface area contributed by atoms with Gasteiger partial charge in [-0.1, -0.05) is 45.0 Å². The van der Waals surface area contributed by atoms with E-state index in [9.17, 15) is 4.79 Å². The molecule has 0 aromatic rings. The molecule has 0 amide bonds. The van der Waals surface area contributed by atoms with Crippen molar-refractivity contribution < 1.29 is 9.53 Å². The van der Waals surface area contributed by atoms with E-state index in [1.54, 1.807) is 0 Å². The summed E-state index contributed by atoms with van der Waals surface area (Å²) < 4.78 is 5.21. The molecule has 0 aliphatic heterocycles. The summed E-state index contributed by atoms with van der Waals surface area (Å²) in [5.41, 5.74) is 0.947.